The molecule has 4 rings (SSSR count). The fraction of sp³-hybridized carbons (Fsp3) is 0.250. The number of halogens is 1. The van der Waals surface area contributed by atoms with Crippen LogP contribution >= 0.6 is 11.8 Å². The van der Waals surface area contributed by atoms with E-state index in [-0.39, 0.29) is 11.7 Å². The smallest absolute Gasteiger partial charge is 0.260 e. The number of aryl methyl sites for hydroxylation is 3. The van der Waals surface area contributed by atoms with Gasteiger partial charge in [-0.1, -0.05) is 59.8 Å². The lowest BCUT2D eigenvalue weighted by atomic mass is 9.93. The Morgan fingerprint density at radius 2 is 1.71 bits per heavy atom. The molecule has 3 aromatic rings. The lowest BCUT2D eigenvalue weighted by Gasteiger charge is -2.23. The van der Waals surface area contributed by atoms with Gasteiger partial charge in [0, 0.05) is 11.4 Å². The van der Waals surface area contributed by atoms with Crippen LogP contribution in [0.2, 0.25) is 0 Å². The minimum atomic E-state index is -0.920. The van der Waals surface area contributed by atoms with Crippen molar-refractivity contribution >= 4 is 34.2 Å². The maximum atomic E-state index is 13.7. The maximum absolute atomic E-state index is 13.7. The first-order valence-corrected chi connectivity index (χ1v) is 12.1. The quantitative estimate of drug-likeness (QED) is 0.362. The molecular weight excluding hydrogens is 445 g/mol. The van der Waals surface area contributed by atoms with Gasteiger partial charge in [0.15, 0.2) is 10.9 Å². The Balaban J connectivity index is 1.62. The van der Waals surface area contributed by atoms with E-state index in [9.17, 15) is 9.18 Å². The molecule has 3 aromatic carbocycles. The normalized spacial score (nSPS) is 17.6. The molecule has 1 amide bonds. The second-order valence-corrected chi connectivity index (χ2v) is 9.73. The maximum Gasteiger partial charge on any atom is 0.260 e. The molecule has 34 heavy (non-hydrogen) atoms. The minimum Gasteiger partial charge on any atom is -0.271 e. The van der Waals surface area contributed by atoms with Crippen LogP contribution in [0, 0.1) is 26.2 Å². The van der Waals surface area contributed by atoms with Crippen molar-refractivity contribution in [1.29, 1.82) is 0 Å². The van der Waals surface area contributed by atoms with Gasteiger partial charge >= 0.3 is 0 Å². The fourth-order valence-corrected chi connectivity index (χ4v) is 4.97. The number of hydrogen-bond acceptors (Lipinski definition) is 3. The van der Waals surface area contributed by atoms with E-state index in [2.05, 4.69) is 36.0 Å². The van der Waals surface area contributed by atoms with Gasteiger partial charge in [-0.25, -0.2) is 14.2 Å². The van der Waals surface area contributed by atoms with Crippen molar-refractivity contribution in [3.8, 4) is 0 Å². The summed E-state index contributed by atoms with van der Waals surface area (Å²) in [5, 5.41) is 0.655. The van der Waals surface area contributed by atoms with Crippen molar-refractivity contribution < 1.29 is 9.18 Å². The summed E-state index contributed by atoms with van der Waals surface area (Å²) in [5.41, 5.74) is 4.52. The molecule has 0 aromatic heterocycles. The van der Waals surface area contributed by atoms with E-state index < -0.39 is 5.54 Å². The lowest BCUT2D eigenvalue weighted by molar-refractivity contribution is -0.121. The van der Waals surface area contributed by atoms with Crippen LogP contribution in [0.1, 0.15) is 35.6 Å². The van der Waals surface area contributed by atoms with Gasteiger partial charge in [-0.05, 0) is 74.6 Å². The zero-order valence-corrected chi connectivity index (χ0v) is 20.3. The van der Waals surface area contributed by atoms with Crippen molar-refractivity contribution in [2.45, 2.75) is 44.9 Å². The Morgan fingerprint density at radius 1 is 1.03 bits per heavy atom. The Labute approximate surface area is 204 Å². The number of aliphatic imine (C=N–C) groups is 1. The standard InChI is InChI=1S/C28H26FN3OS/c1-19-5-7-22(8-6-19)18-34-27-31-28(3,16-15-21-9-11-23(29)12-10-21)26(33)32(27)24-13-14-25(30-4)20(2)17-24/h5-14,17H,15-16,18H2,1-3H3/t28-/m1/s1. The van der Waals surface area contributed by atoms with E-state index in [1.54, 1.807) is 23.1 Å². The van der Waals surface area contributed by atoms with E-state index in [0.717, 1.165) is 22.4 Å². The van der Waals surface area contributed by atoms with E-state index in [1.807, 2.05) is 26.0 Å². The minimum absolute atomic E-state index is 0.0871. The highest BCUT2D eigenvalue weighted by Gasteiger charge is 2.45. The third-order valence-corrected chi connectivity index (χ3v) is 7.07. The van der Waals surface area contributed by atoms with Crippen LogP contribution in [-0.2, 0) is 17.0 Å². The highest BCUT2D eigenvalue weighted by Crippen LogP contribution is 2.37. The molecule has 1 heterocycles. The Kier molecular flexibility index (Phi) is 6.85. The molecular formula is C28H26FN3OS. The third kappa shape index (κ3) is 5.05. The molecule has 1 atom stereocenters. The Morgan fingerprint density at radius 3 is 2.35 bits per heavy atom. The van der Waals surface area contributed by atoms with Gasteiger partial charge in [0.05, 0.1) is 6.57 Å². The van der Waals surface area contributed by atoms with E-state index in [1.165, 1.54) is 29.5 Å². The highest BCUT2D eigenvalue weighted by molar-refractivity contribution is 8.13. The van der Waals surface area contributed by atoms with Crippen molar-refractivity contribution in [2.24, 2.45) is 4.99 Å². The van der Waals surface area contributed by atoms with Gasteiger partial charge in [-0.3, -0.25) is 9.69 Å². The molecule has 0 fully saturated rings. The monoisotopic (exact) mass is 471 g/mol. The van der Waals surface area contributed by atoms with Crippen molar-refractivity contribution in [2.75, 3.05) is 4.90 Å². The second-order valence-electron chi connectivity index (χ2n) is 8.79. The predicted octanol–water partition coefficient (Wildman–Crippen LogP) is 7.02. The molecule has 0 bridgehead atoms. The summed E-state index contributed by atoms with van der Waals surface area (Å²) in [7, 11) is 0. The molecule has 0 N–H and O–H groups in total. The van der Waals surface area contributed by atoms with Gasteiger partial charge in [0.1, 0.15) is 11.4 Å². The number of thioether (sulfide) groups is 1. The van der Waals surface area contributed by atoms with E-state index >= 15 is 0 Å². The average Bonchev–Trinajstić information content (AvgIpc) is 3.08. The zero-order chi connectivity index (χ0) is 24.3. The first kappa shape index (κ1) is 23.7. The first-order valence-electron chi connectivity index (χ1n) is 11.1. The average molecular weight is 472 g/mol. The van der Waals surface area contributed by atoms with Gasteiger partial charge in [-0.2, -0.15) is 0 Å². The molecule has 1 aliphatic rings. The van der Waals surface area contributed by atoms with Crippen LogP contribution in [0.4, 0.5) is 15.8 Å². The number of nitrogens with zero attached hydrogens (tertiary/aromatic N) is 3. The van der Waals surface area contributed by atoms with Gasteiger partial charge in [0.2, 0.25) is 0 Å². The summed E-state index contributed by atoms with van der Waals surface area (Å²) in [4.78, 5) is 23.9. The SMILES string of the molecule is [C-]#[N+]c1ccc(N2C(=O)[C@@](C)(CCc3ccc(F)cc3)N=C2SCc2ccc(C)cc2)cc1C. The molecule has 172 valence electrons. The first-order chi connectivity index (χ1) is 16.3. The molecule has 1 aliphatic heterocycles. The van der Waals surface area contributed by atoms with Crippen LogP contribution in [0.5, 0.6) is 0 Å². The summed E-state index contributed by atoms with van der Waals surface area (Å²) in [6, 6.07) is 20.1. The number of hydrogen-bond donors (Lipinski definition) is 0. The molecule has 0 saturated carbocycles. The largest absolute Gasteiger partial charge is 0.271 e. The summed E-state index contributed by atoms with van der Waals surface area (Å²) in [6.45, 7) is 13.1. The molecule has 6 heteroatoms. The van der Waals surface area contributed by atoms with Crippen molar-refractivity contribution in [3.63, 3.8) is 0 Å². The summed E-state index contributed by atoms with van der Waals surface area (Å²) in [6.07, 6.45) is 1.13. The summed E-state index contributed by atoms with van der Waals surface area (Å²) in [5.74, 6) is 0.330. The number of rotatable bonds is 6. The van der Waals surface area contributed by atoms with Crippen LogP contribution in [0.15, 0.2) is 71.7 Å². The van der Waals surface area contributed by atoms with Gasteiger partial charge in [-0.15, -0.1) is 0 Å². The fourth-order valence-electron chi connectivity index (χ4n) is 3.90. The van der Waals surface area contributed by atoms with Gasteiger partial charge < -0.3 is 0 Å². The number of carbonyl (C=O) groups is 1. The number of amides is 1. The number of benzene rings is 3. The second kappa shape index (κ2) is 9.82. The third-order valence-electron chi connectivity index (χ3n) is 6.06. The lowest BCUT2D eigenvalue weighted by Crippen LogP contribution is -2.40. The van der Waals surface area contributed by atoms with Crippen molar-refractivity contribution in [1.82, 2.24) is 0 Å². The Bertz CT molecular complexity index is 1280. The molecule has 0 unspecified atom stereocenters. The number of carbonyl (C=O) groups excluding carboxylic acids is 1. The molecule has 4 nitrogen and oxygen atoms in total. The van der Waals surface area contributed by atoms with Crippen molar-refractivity contribution in [3.05, 3.63) is 106 Å². The van der Waals surface area contributed by atoms with E-state index in [4.69, 9.17) is 11.6 Å². The van der Waals surface area contributed by atoms with Crippen LogP contribution in [0.25, 0.3) is 4.85 Å². The molecule has 0 aliphatic carbocycles. The number of amidine groups is 1. The number of anilines is 1. The zero-order valence-electron chi connectivity index (χ0n) is 19.5. The Hall–Kier alpha value is -3.43. The van der Waals surface area contributed by atoms with E-state index in [0.29, 0.717) is 29.4 Å². The molecule has 0 spiro atoms. The van der Waals surface area contributed by atoms with Crippen LogP contribution in [-0.4, -0.2) is 16.6 Å². The van der Waals surface area contributed by atoms with Gasteiger partial charge in [0.25, 0.3) is 5.91 Å². The summed E-state index contributed by atoms with van der Waals surface area (Å²) >= 11 is 1.54. The molecule has 0 radical (unpaired) electrons. The summed E-state index contributed by atoms with van der Waals surface area (Å²) < 4.78 is 13.3. The highest BCUT2D eigenvalue weighted by atomic mass is 32.2. The van der Waals surface area contributed by atoms with Crippen LogP contribution in [0.3, 0.4) is 0 Å². The van der Waals surface area contributed by atoms with Crippen LogP contribution < -0.4 is 4.90 Å². The predicted molar refractivity (Wildman–Crippen MR) is 138 cm³/mol. The molecule has 0 saturated heterocycles. The topological polar surface area (TPSA) is 37.0 Å².